The fourth-order valence-corrected chi connectivity index (χ4v) is 3.48. The molecular weight excluding hydrogens is 494 g/mol. The molecule has 4 rings (SSSR count). The van der Waals surface area contributed by atoms with Gasteiger partial charge in [-0.2, -0.15) is 12.1 Å². The second-order valence-electron chi connectivity index (χ2n) is 7.69. The second-order valence-corrected chi connectivity index (χ2v) is 8.69. The molecular formula is C28H36F2SiZr. The topological polar surface area (TPSA) is 0 Å². The van der Waals surface area contributed by atoms with E-state index in [1.807, 2.05) is 0 Å². The Balaban J connectivity index is 0. The standard InChI is InChI=1S/2C13H15.C2H6Si.2FH.Zr/c2*1-2-3-6-11-9-12-7-4-5-8-13(12)10-11;1-3-2;;;/h2*4-5,7-10H,2-3,6H2,1H3;1-2H3;2*1H;/q2*-1;;;;+4/p-2. The monoisotopic (exact) mass is 528 g/mol. The van der Waals surface area contributed by atoms with Gasteiger partial charge < -0.3 is 9.41 Å². The molecule has 0 bridgehead atoms. The molecule has 0 heterocycles. The maximum Gasteiger partial charge on any atom is 4.00 e. The number of unbranched alkanes of at least 4 members (excludes halogenated alkanes) is 2. The second kappa shape index (κ2) is 19.1. The Morgan fingerprint density at radius 3 is 1.31 bits per heavy atom. The Hall–Kier alpha value is -1.38. The first-order chi connectivity index (χ1) is 14.2. The van der Waals surface area contributed by atoms with Crippen LogP contribution in [0.3, 0.4) is 0 Å². The summed E-state index contributed by atoms with van der Waals surface area (Å²) in [5.41, 5.74) is 2.98. The predicted octanol–water partition coefficient (Wildman–Crippen LogP) is 2.59. The van der Waals surface area contributed by atoms with Gasteiger partial charge in [-0.25, -0.2) is 0 Å². The van der Waals surface area contributed by atoms with Crippen LogP contribution >= 0.6 is 0 Å². The molecule has 0 aliphatic carbocycles. The third-order valence-electron chi connectivity index (χ3n) is 4.99. The minimum Gasteiger partial charge on any atom is -1.00 e. The van der Waals surface area contributed by atoms with Gasteiger partial charge in [-0.3, -0.25) is 0 Å². The number of fused-ring (bicyclic) bond motifs is 2. The van der Waals surface area contributed by atoms with Crippen LogP contribution < -0.4 is 9.41 Å². The summed E-state index contributed by atoms with van der Waals surface area (Å²) in [7, 11) is 1.08. The summed E-state index contributed by atoms with van der Waals surface area (Å²) < 4.78 is 0. The summed E-state index contributed by atoms with van der Waals surface area (Å²) in [6.45, 7) is 8.78. The van der Waals surface area contributed by atoms with Gasteiger partial charge in [0, 0.05) is 9.52 Å². The zero-order valence-electron chi connectivity index (χ0n) is 19.9. The molecule has 0 aliphatic rings. The third kappa shape index (κ3) is 11.0. The van der Waals surface area contributed by atoms with E-state index in [1.54, 1.807) is 0 Å². The van der Waals surface area contributed by atoms with Gasteiger partial charge in [-0.15, -0.1) is 81.2 Å². The predicted molar refractivity (Wildman–Crippen MR) is 134 cm³/mol. The normalized spacial score (nSPS) is 9.38. The van der Waals surface area contributed by atoms with E-state index in [0.29, 0.717) is 0 Å². The van der Waals surface area contributed by atoms with Crippen LogP contribution in [0.2, 0.25) is 13.1 Å². The van der Waals surface area contributed by atoms with Crippen molar-refractivity contribution < 1.29 is 35.6 Å². The van der Waals surface area contributed by atoms with E-state index in [1.165, 1.54) is 71.2 Å². The van der Waals surface area contributed by atoms with Crippen molar-refractivity contribution in [3.8, 4) is 0 Å². The minimum atomic E-state index is 0. The van der Waals surface area contributed by atoms with Crippen LogP contribution in [-0.2, 0) is 39.0 Å². The summed E-state index contributed by atoms with van der Waals surface area (Å²) in [6.07, 6.45) is 7.62. The van der Waals surface area contributed by atoms with Crippen molar-refractivity contribution in [3.63, 3.8) is 0 Å². The molecule has 0 nitrogen and oxygen atoms in total. The molecule has 0 aromatic heterocycles. The zero-order chi connectivity index (χ0) is 20.9. The number of hydrogen-bond donors (Lipinski definition) is 0. The maximum absolute atomic E-state index is 2.31. The number of rotatable bonds is 6. The first-order valence-corrected chi connectivity index (χ1v) is 13.1. The van der Waals surface area contributed by atoms with E-state index < -0.39 is 0 Å². The van der Waals surface area contributed by atoms with Crippen molar-refractivity contribution in [2.75, 3.05) is 0 Å². The van der Waals surface area contributed by atoms with Crippen LogP contribution in [0.15, 0.2) is 72.8 Å². The zero-order valence-corrected chi connectivity index (χ0v) is 23.4. The molecule has 0 spiro atoms. The molecule has 4 heteroatoms. The fourth-order valence-electron chi connectivity index (χ4n) is 3.48. The Labute approximate surface area is 215 Å². The van der Waals surface area contributed by atoms with E-state index in [0.717, 1.165) is 9.52 Å². The molecule has 0 saturated heterocycles. The first-order valence-electron chi connectivity index (χ1n) is 11.1. The van der Waals surface area contributed by atoms with Gasteiger partial charge in [0.25, 0.3) is 0 Å². The van der Waals surface area contributed by atoms with Crippen LogP contribution in [0.1, 0.15) is 50.7 Å². The largest absolute Gasteiger partial charge is 4.00 e. The van der Waals surface area contributed by atoms with Gasteiger partial charge >= 0.3 is 26.2 Å². The van der Waals surface area contributed by atoms with Crippen molar-refractivity contribution in [1.29, 1.82) is 0 Å². The van der Waals surface area contributed by atoms with Crippen molar-refractivity contribution in [3.05, 3.63) is 83.9 Å². The van der Waals surface area contributed by atoms with Gasteiger partial charge in [-0.05, 0) is 12.8 Å². The molecule has 0 saturated carbocycles. The molecule has 4 aromatic carbocycles. The Bertz CT molecular complexity index is 814. The van der Waals surface area contributed by atoms with Crippen LogP contribution in [0, 0.1) is 0 Å². The maximum atomic E-state index is 2.31. The van der Waals surface area contributed by atoms with Gasteiger partial charge in [0.2, 0.25) is 0 Å². The van der Waals surface area contributed by atoms with Crippen LogP contribution in [0.5, 0.6) is 0 Å². The SMILES string of the molecule is CCCCc1cc2ccccc2[cH-]1.CCCCc1cc2ccccc2[cH-]1.C[Si]C.[F-].[F-].[Zr+4]. The van der Waals surface area contributed by atoms with Crippen molar-refractivity contribution in [2.45, 2.75) is 65.5 Å². The average molecular weight is 530 g/mol. The van der Waals surface area contributed by atoms with Gasteiger partial charge in [0.05, 0.1) is 0 Å². The molecule has 4 aromatic rings. The summed E-state index contributed by atoms with van der Waals surface area (Å²) in [5.74, 6) is 0. The van der Waals surface area contributed by atoms with E-state index in [4.69, 9.17) is 0 Å². The minimum absolute atomic E-state index is 0. The summed E-state index contributed by atoms with van der Waals surface area (Å²) in [4.78, 5) is 0. The number of aryl methyl sites for hydroxylation is 2. The van der Waals surface area contributed by atoms with Gasteiger partial charge in [0.1, 0.15) is 0 Å². The fraction of sp³-hybridized carbons (Fsp3) is 0.357. The van der Waals surface area contributed by atoms with Crippen LogP contribution in [-0.4, -0.2) is 9.52 Å². The molecule has 0 atom stereocenters. The molecule has 0 amide bonds. The van der Waals surface area contributed by atoms with Crippen molar-refractivity contribution in [1.82, 2.24) is 0 Å². The number of benzene rings is 2. The molecule has 0 aliphatic heterocycles. The molecule has 0 N–H and O–H groups in total. The average Bonchev–Trinajstić information content (AvgIpc) is 3.35. The Morgan fingerprint density at radius 1 is 0.656 bits per heavy atom. The quantitative estimate of drug-likeness (QED) is 0.266. The summed E-state index contributed by atoms with van der Waals surface area (Å²) in [5, 5.41) is 5.53. The van der Waals surface area contributed by atoms with Crippen LogP contribution in [0.25, 0.3) is 21.5 Å². The van der Waals surface area contributed by atoms with Gasteiger partial charge in [-0.1, -0.05) is 64.8 Å². The van der Waals surface area contributed by atoms with Crippen LogP contribution in [0.4, 0.5) is 0 Å². The number of hydrogen-bond acceptors (Lipinski definition) is 0. The van der Waals surface area contributed by atoms with Crippen molar-refractivity contribution in [2.24, 2.45) is 0 Å². The number of halogens is 2. The molecule has 0 unspecified atom stereocenters. The van der Waals surface area contributed by atoms with E-state index in [9.17, 15) is 0 Å². The summed E-state index contributed by atoms with van der Waals surface area (Å²) >= 11 is 0. The summed E-state index contributed by atoms with van der Waals surface area (Å²) in [6, 6.07) is 26.4. The van der Waals surface area contributed by atoms with E-state index in [-0.39, 0.29) is 35.6 Å². The molecule has 32 heavy (non-hydrogen) atoms. The van der Waals surface area contributed by atoms with Gasteiger partial charge in [0.15, 0.2) is 0 Å². The first kappa shape index (κ1) is 32.8. The third-order valence-corrected chi connectivity index (χ3v) is 4.99. The van der Waals surface area contributed by atoms with E-state index >= 15 is 0 Å². The molecule has 0 fully saturated rings. The Morgan fingerprint density at radius 2 is 1.00 bits per heavy atom. The smallest absolute Gasteiger partial charge is 1.00 e. The van der Waals surface area contributed by atoms with E-state index in [2.05, 4.69) is 99.7 Å². The van der Waals surface area contributed by atoms with Crippen molar-refractivity contribution >= 4 is 31.1 Å². The Kier molecular flexibility index (Phi) is 19.6. The molecule has 170 valence electrons. The molecule has 2 radical (unpaired) electrons.